The van der Waals surface area contributed by atoms with Crippen LogP contribution in [0.25, 0.3) is 21.8 Å². The zero-order valence-electron chi connectivity index (χ0n) is 17.7. The average Bonchev–Trinajstić information content (AvgIpc) is 3.37. The Kier molecular flexibility index (Phi) is 7.51. The van der Waals surface area contributed by atoms with Gasteiger partial charge in [0, 0.05) is 38.0 Å². The summed E-state index contributed by atoms with van der Waals surface area (Å²) in [6.07, 6.45) is 5.03. The maximum absolute atomic E-state index is 12.8. The van der Waals surface area contributed by atoms with E-state index in [9.17, 15) is 9.59 Å². The summed E-state index contributed by atoms with van der Waals surface area (Å²) >= 11 is 13.2. The van der Waals surface area contributed by atoms with E-state index in [0.29, 0.717) is 27.0 Å². The van der Waals surface area contributed by atoms with E-state index in [1.807, 2.05) is 6.07 Å². The third-order valence-corrected chi connectivity index (χ3v) is 6.40. The number of halogens is 2. The van der Waals surface area contributed by atoms with Crippen molar-refractivity contribution in [1.82, 2.24) is 9.97 Å². The maximum atomic E-state index is 12.8. The molecule has 2 aromatic carbocycles. The Morgan fingerprint density at radius 1 is 0.941 bits per heavy atom. The van der Waals surface area contributed by atoms with Gasteiger partial charge < -0.3 is 9.47 Å². The zero-order valence-corrected chi connectivity index (χ0v) is 21.5. The molecule has 1 fully saturated rings. The molecule has 0 N–H and O–H groups in total. The average molecular weight is 676 g/mol. The zero-order chi connectivity index (χ0) is 22.9. The quantitative estimate of drug-likeness (QED) is 0.184. The number of hydrogen-bond acceptors (Lipinski definition) is 6. The Balaban J connectivity index is 0.00000274. The van der Waals surface area contributed by atoms with Gasteiger partial charge in [0.2, 0.25) is 5.75 Å². The molecule has 0 amide bonds. The van der Waals surface area contributed by atoms with E-state index in [1.54, 1.807) is 48.7 Å². The molecule has 2 aromatic heterocycles. The summed E-state index contributed by atoms with van der Waals surface area (Å²) in [6, 6.07) is 13.8. The van der Waals surface area contributed by atoms with Crippen LogP contribution in [0.15, 0.2) is 54.7 Å². The second kappa shape index (κ2) is 10.4. The van der Waals surface area contributed by atoms with E-state index in [4.69, 9.17) is 32.7 Å². The van der Waals surface area contributed by atoms with Crippen LogP contribution in [0.2, 0.25) is 10.0 Å². The minimum absolute atomic E-state index is 0. The molecule has 176 valence electrons. The standard InChI is InChI=1S/C25H18Cl2N2O4.Pt/c26-17-13-16-11-6-12-28-20(16)21-18(17)19(27)22(32-24(30)14-9-4-5-10-14)23(29-21)33-25(31)15-7-2-1-3-8-15;/h1-3,6-8,11-14H,4-5,9-10H2;. The number of pyridine rings is 2. The molecule has 0 saturated heterocycles. The molecular weight excluding hydrogens is 658 g/mol. The molecule has 0 spiro atoms. The Labute approximate surface area is 219 Å². The predicted octanol–water partition coefficient (Wildman–Crippen LogP) is 6.40. The van der Waals surface area contributed by atoms with Crippen LogP contribution in [0.4, 0.5) is 0 Å². The summed E-state index contributed by atoms with van der Waals surface area (Å²) in [6.45, 7) is 0. The summed E-state index contributed by atoms with van der Waals surface area (Å²) in [7, 11) is 0. The van der Waals surface area contributed by atoms with Gasteiger partial charge in [-0.1, -0.05) is 60.3 Å². The number of esters is 2. The van der Waals surface area contributed by atoms with Crippen LogP contribution in [-0.2, 0) is 25.9 Å². The molecule has 34 heavy (non-hydrogen) atoms. The fourth-order valence-corrected chi connectivity index (χ4v) is 4.73. The maximum Gasteiger partial charge on any atom is 0.344 e. The van der Waals surface area contributed by atoms with Crippen molar-refractivity contribution >= 4 is 56.9 Å². The van der Waals surface area contributed by atoms with Gasteiger partial charge in [-0.25, -0.2) is 9.78 Å². The first-order chi connectivity index (χ1) is 16.0. The SMILES string of the molecule is O=C(Oc1nc2c(c(Cl)cc3cccnc32)c(Cl)c1OC(=O)C1CCCC1)c1ccccc1.[Pt]. The number of aromatic nitrogens is 2. The minimum atomic E-state index is -0.657. The van der Waals surface area contributed by atoms with Crippen molar-refractivity contribution in [2.75, 3.05) is 0 Å². The van der Waals surface area contributed by atoms with Crippen molar-refractivity contribution in [3.63, 3.8) is 0 Å². The Morgan fingerprint density at radius 3 is 2.41 bits per heavy atom. The normalized spacial score (nSPS) is 13.6. The fraction of sp³-hybridized carbons (Fsp3) is 0.200. The molecule has 0 radical (unpaired) electrons. The minimum Gasteiger partial charge on any atom is -0.419 e. The Morgan fingerprint density at radius 2 is 1.68 bits per heavy atom. The molecule has 1 saturated carbocycles. The first-order valence-corrected chi connectivity index (χ1v) is 11.3. The van der Waals surface area contributed by atoms with Crippen molar-refractivity contribution in [3.05, 3.63) is 70.3 Å². The van der Waals surface area contributed by atoms with Crippen LogP contribution in [0.1, 0.15) is 36.0 Å². The fourth-order valence-electron chi connectivity index (χ4n) is 4.07. The molecule has 0 bridgehead atoms. The van der Waals surface area contributed by atoms with Gasteiger partial charge in [-0.05, 0) is 37.1 Å². The third-order valence-electron chi connectivity index (χ3n) is 5.74. The molecule has 0 aliphatic heterocycles. The van der Waals surface area contributed by atoms with Gasteiger partial charge in [-0.15, -0.1) is 0 Å². The molecule has 9 heteroatoms. The van der Waals surface area contributed by atoms with Gasteiger partial charge in [0.1, 0.15) is 10.5 Å². The molecule has 5 rings (SSSR count). The largest absolute Gasteiger partial charge is 0.419 e. The van der Waals surface area contributed by atoms with Crippen LogP contribution in [0.3, 0.4) is 0 Å². The number of hydrogen-bond donors (Lipinski definition) is 0. The molecule has 6 nitrogen and oxygen atoms in total. The van der Waals surface area contributed by atoms with Gasteiger partial charge in [0.05, 0.1) is 22.0 Å². The summed E-state index contributed by atoms with van der Waals surface area (Å²) in [5.41, 5.74) is 1.20. The summed E-state index contributed by atoms with van der Waals surface area (Å²) in [5, 5.41) is 1.48. The predicted molar refractivity (Wildman–Crippen MR) is 126 cm³/mol. The van der Waals surface area contributed by atoms with Crippen molar-refractivity contribution in [3.8, 4) is 11.6 Å². The van der Waals surface area contributed by atoms with Crippen LogP contribution >= 0.6 is 23.2 Å². The molecule has 0 atom stereocenters. The van der Waals surface area contributed by atoms with Gasteiger partial charge in [0.15, 0.2) is 0 Å². The second-order valence-corrected chi connectivity index (χ2v) is 8.66. The van der Waals surface area contributed by atoms with Crippen LogP contribution in [-0.4, -0.2) is 21.9 Å². The number of nitrogens with zero attached hydrogens (tertiary/aromatic N) is 2. The molecule has 4 aromatic rings. The molecule has 2 heterocycles. The summed E-state index contributed by atoms with van der Waals surface area (Å²) < 4.78 is 11.3. The summed E-state index contributed by atoms with van der Waals surface area (Å²) in [4.78, 5) is 34.5. The van der Waals surface area contributed by atoms with Crippen LogP contribution < -0.4 is 9.47 Å². The van der Waals surface area contributed by atoms with E-state index in [-0.39, 0.29) is 43.6 Å². The Hall–Kier alpha value is -2.53. The second-order valence-electron chi connectivity index (χ2n) is 7.88. The van der Waals surface area contributed by atoms with Crippen molar-refractivity contribution in [2.24, 2.45) is 5.92 Å². The van der Waals surface area contributed by atoms with E-state index in [2.05, 4.69) is 9.97 Å². The van der Waals surface area contributed by atoms with Crippen LogP contribution in [0, 0.1) is 5.92 Å². The van der Waals surface area contributed by atoms with Gasteiger partial charge >= 0.3 is 11.9 Å². The molecular formula is C25H18Cl2N2O4Pt. The van der Waals surface area contributed by atoms with E-state index < -0.39 is 11.9 Å². The van der Waals surface area contributed by atoms with Gasteiger partial charge in [-0.2, -0.15) is 0 Å². The molecule has 1 aliphatic carbocycles. The number of rotatable bonds is 4. The number of fused-ring (bicyclic) bond motifs is 3. The van der Waals surface area contributed by atoms with Crippen molar-refractivity contribution < 1.29 is 40.1 Å². The van der Waals surface area contributed by atoms with E-state index in [0.717, 1.165) is 31.1 Å². The summed E-state index contributed by atoms with van der Waals surface area (Å²) in [5.74, 6) is -1.65. The number of ether oxygens (including phenoxy) is 2. The van der Waals surface area contributed by atoms with E-state index >= 15 is 0 Å². The van der Waals surface area contributed by atoms with E-state index in [1.165, 1.54) is 0 Å². The first-order valence-electron chi connectivity index (χ1n) is 10.6. The molecule has 1 aliphatic rings. The number of benzene rings is 2. The first kappa shape index (κ1) is 24.6. The Bertz CT molecular complexity index is 1390. The topological polar surface area (TPSA) is 78.4 Å². The number of carbonyl (C=O) groups excluding carboxylic acids is 2. The van der Waals surface area contributed by atoms with Crippen LogP contribution in [0.5, 0.6) is 11.6 Å². The van der Waals surface area contributed by atoms with Crippen molar-refractivity contribution in [2.45, 2.75) is 25.7 Å². The van der Waals surface area contributed by atoms with Gasteiger partial charge in [0.25, 0.3) is 5.88 Å². The monoisotopic (exact) mass is 675 g/mol. The number of carbonyl (C=O) groups is 2. The van der Waals surface area contributed by atoms with Crippen molar-refractivity contribution in [1.29, 1.82) is 0 Å². The third kappa shape index (κ3) is 4.68. The molecule has 0 unspecified atom stereocenters. The smallest absolute Gasteiger partial charge is 0.344 e. The van der Waals surface area contributed by atoms with Gasteiger partial charge in [-0.3, -0.25) is 9.78 Å².